The van der Waals surface area contributed by atoms with Gasteiger partial charge in [-0.25, -0.2) is 4.79 Å². The Balaban J connectivity index is 1.67. The van der Waals surface area contributed by atoms with Crippen LogP contribution in [-0.4, -0.2) is 24.6 Å². The second kappa shape index (κ2) is 6.32. The lowest BCUT2D eigenvalue weighted by Crippen LogP contribution is -2.39. The molecule has 2 aromatic carbocycles. The molecule has 0 saturated carbocycles. The summed E-state index contributed by atoms with van der Waals surface area (Å²) in [6.07, 6.45) is 0. The van der Waals surface area contributed by atoms with Gasteiger partial charge >= 0.3 is 6.03 Å². The molecule has 1 N–H and O–H groups in total. The molecular formula is C19H22N2O2. The van der Waals surface area contributed by atoms with Gasteiger partial charge in [0.1, 0.15) is 12.4 Å². The van der Waals surface area contributed by atoms with Crippen LogP contribution in [0.3, 0.4) is 0 Å². The Hall–Kier alpha value is -2.49. The number of benzene rings is 2. The van der Waals surface area contributed by atoms with Crippen LogP contribution in [0.4, 0.5) is 4.79 Å². The van der Waals surface area contributed by atoms with Crippen LogP contribution in [0.1, 0.15) is 28.3 Å². The third-order valence-electron chi connectivity index (χ3n) is 4.38. The van der Waals surface area contributed by atoms with Crippen LogP contribution in [0.25, 0.3) is 0 Å². The molecule has 1 aliphatic rings. The molecule has 0 aliphatic carbocycles. The molecule has 2 amide bonds. The first kappa shape index (κ1) is 15.4. The number of aryl methyl sites for hydroxylation is 1. The van der Waals surface area contributed by atoms with Crippen LogP contribution in [-0.2, 0) is 6.54 Å². The Morgan fingerprint density at radius 1 is 1.22 bits per heavy atom. The first-order valence-corrected chi connectivity index (χ1v) is 7.84. The second-order valence-electron chi connectivity index (χ2n) is 6.08. The predicted molar refractivity (Wildman–Crippen MR) is 90.6 cm³/mol. The lowest BCUT2D eigenvalue weighted by molar-refractivity contribution is 0.199. The van der Waals surface area contributed by atoms with Crippen molar-refractivity contribution < 1.29 is 9.53 Å². The largest absolute Gasteiger partial charge is 0.490 e. The van der Waals surface area contributed by atoms with E-state index in [1.165, 1.54) is 5.56 Å². The molecular weight excluding hydrogens is 288 g/mol. The van der Waals surface area contributed by atoms with Crippen molar-refractivity contribution in [2.75, 3.05) is 13.7 Å². The molecule has 2 aromatic rings. The van der Waals surface area contributed by atoms with Gasteiger partial charge in [0.2, 0.25) is 0 Å². The van der Waals surface area contributed by atoms with Gasteiger partial charge in [-0.15, -0.1) is 0 Å². The zero-order chi connectivity index (χ0) is 16.4. The van der Waals surface area contributed by atoms with Gasteiger partial charge in [-0.2, -0.15) is 0 Å². The van der Waals surface area contributed by atoms with Gasteiger partial charge in [0, 0.05) is 19.2 Å². The van der Waals surface area contributed by atoms with Gasteiger partial charge in [0.05, 0.1) is 6.04 Å². The van der Waals surface area contributed by atoms with E-state index < -0.39 is 0 Å². The minimum absolute atomic E-state index is 0.0879. The van der Waals surface area contributed by atoms with Crippen molar-refractivity contribution in [2.24, 2.45) is 0 Å². The van der Waals surface area contributed by atoms with Crippen molar-refractivity contribution in [3.8, 4) is 5.75 Å². The molecule has 4 heteroatoms. The van der Waals surface area contributed by atoms with Gasteiger partial charge in [0.25, 0.3) is 0 Å². The summed E-state index contributed by atoms with van der Waals surface area (Å²) in [6, 6.07) is 13.9. The SMILES string of the molecule is Cc1ccc2c(c1C)OCC2NC(=O)N(C)Cc1ccccc1. The molecule has 0 bridgehead atoms. The maximum Gasteiger partial charge on any atom is 0.318 e. The van der Waals surface area contributed by atoms with Crippen molar-refractivity contribution in [3.05, 3.63) is 64.7 Å². The number of ether oxygens (including phenoxy) is 1. The zero-order valence-electron chi connectivity index (χ0n) is 13.8. The number of rotatable bonds is 3. The molecule has 0 saturated heterocycles. The van der Waals surface area contributed by atoms with E-state index in [0.717, 1.165) is 22.4 Å². The van der Waals surface area contributed by atoms with Crippen molar-refractivity contribution in [1.29, 1.82) is 0 Å². The van der Waals surface area contributed by atoms with Gasteiger partial charge in [-0.1, -0.05) is 42.5 Å². The van der Waals surface area contributed by atoms with E-state index >= 15 is 0 Å². The first-order valence-electron chi connectivity index (χ1n) is 7.84. The Bertz CT molecular complexity index is 713. The van der Waals surface area contributed by atoms with E-state index in [2.05, 4.69) is 25.2 Å². The number of carbonyl (C=O) groups excluding carboxylic acids is 1. The second-order valence-corrected chi connectivity index (χ2v) is 6.08. The average Bonchev–Trinajstić information content (AvgIpc) is 2.95. The van der Waals surface area contributed by atoms with Crippen molar-refractivity contribution in [1.82, 2.24) is 10.2 Å². The van der Waals surface area contributed by atoms with Gasteiger partial charge in [-0.3, -0.25) is 0 Å². The summed E-state index contributed by atoms with van der Waals surface area (Å²) in [5, 5.41) is 3.06. The molecule has 1 unspecified atom stereocenters. The van der Waals surface area contributed by atoms with Crippen molar-refractivity contribution in [3.63, 3.8) is 0 Å². The smallest absolute Gasteiger partial charge is 0.318 e. The number of amides is 2. The fourth-order valence-corrected chi connectivity index (χ4v) is 2.84. The monoisotopic (exact) mass is 310 g/mol. The van der Waals surface area contributed by atoms with Crippen LogP contribution < -0.4 is 10.1 Å². The number of fused-ring (bicyclic) bond motifs is 1. The summed E-state index contributed by atoms with van der Waals surface area (Å²) in [7, 11) is 1.81. The average molecular weight is 310 g/mol. The highest BCUT2D eigenvalue weighted by molar-refractivity contribution is 5.75. The normalized spacial score (nSPS) is 15.7. The lowest BCUT2D eigenvalue weighted by atomic mass is 10.0. The van der Waals surface area contributed by atoms with E-state index in [1.54, 1.807) is 11.9 Å². The topological polar surface area (TPSA) is 41.6 Å². The molecule has 1 atom stereocenters. The fraction of sp³-hybridized carbons (Fsp3) is 0.316. The number of nitrogens with zero attached hydrogens (tertiary/aromatic N) is 1. The Labute approximate surface area is 137 Å². The third-order valence-corrected chi connectivity index (χ3v) is 4.38. The molecule has 1 heterocycles. The molecule has 120 valence electrons. The molecule has 0 fully saturated rings. The summed E-state index contributed by atoms with van der Waals surface area (Å²) < 4.78 is 5.79. The number of hydrogen-bond donors (Lipinski definition) is 1. The number of carbonyl (C=O) groups is 1. The maximum absolute atomic E-state index is 12.4. The first-order chi connectivity index (χ1) is 11.1. The Morgan fingerprint density at radius 2 is 1.96 bits per heavy atom. The maximum atomic E-state index is 12.4. The summed E-state index contributed by atoms with van der Waals surface area (Å²) in [5.74, 6) is 0.918. The summed E-state index contributed by atoms with van der Waals surface area (Å²) in [6.45, 7) is 5.20. The molecule has 0 aromatic heterocycles. The Morgan fingerprint density at radius 3 is 2.70 bits per heavy atom. The van der Waals surface area contributed by atoms with E-state index in [-0.39, 0.29) is 12.1 Å². The molecule has 1 aliphatic heterocycles. The summed E-state index contributed by atoms with van der Waals surface area (Å²) in [4.78, 5) is 14.1. The van der Waals surface area contributed by atoms with E-state index in [0.29, 0.717) is 13.2 Å². The van der Waals surface area contributed by atoms with Crippen LogP contribution in [0, 0.1) is 13.8 Å². The fourth-order valence-electron chi connectivity index (χ4n) is 2.84. The molecule has 23 heavy (non-hydrogen) atoms. The number of nitrogens with one attached hydrogen (secondary N) is 1. The van der Waals surface area contributed by atoms with Gasteiger partial charge < -0.3 is 15.0 Å². The summed E-state index contributed by atoms with van der Waals surface area (Å²) in [5.41, 5.74) is 4.53. The van der Waals surface area contributed by atoms with E-state index in [1.807, 2.05) is 36.4 Å². The van der Waals surface area contributed by atoms with Crippen molar-refractivity contribution >= 4 is 6.03 Å². The standard InChI is InChI=1S/C19H22N2O2/c1-13-9-10-16-17(12-23-18(16)14(13)2)20-19(22)21(3)11-15-7-5-4-6-8-15/h4-10,17H,11-12H2,1-3H3,(H,20,22). The quantitative estimate of drug-likeness (QED) is 0.941. The predicted octanol–water partition coefficient (Wildman–Crippen LogP) is 3.58. The van der Waals surface area contributed by atoms with E-state index in [4.69, 9.17) is 4.74 Å². The van der Waals surface area contributed by atoms with Crippen LogP contribution in [0.5, 0.6) is 5.75 Å². The molecule has 0 spiro atoms. The highest BCUT2D eigenvalue weighted by Gasteiger charge is 2.28. The van der Waals surface area contributed by atoms with Gasteiger partial charge in [-0.05, 0) is 30.5 Å². The number of urea groups is 1. The highest BCUT2D eigenvalue weighted by atomic mass is 16.5. The lowest BCUT2D eigenvalue weighted by Gasteiger charge is -2.21. The van der Waals surface area contributed by atoms with Crippen LogP contribution in [0.2, 0.25) is 0 Å². The van der Waals surface area contributed by atoms with E-state index in [9.17, 15) is 4.79 Å². The molecule has 3 rings (SSSR count). The highest BCUT2D eigenvalue weighted by Crippen LogP contribution is 2.36. The summed E-state index contributed by atoms with van der Waals surface area (Å²) >= 11 is 0. The van der Waals surface area contributed by atoms with Crippen molar-refractivity contribution in [2.45, 2.75) is 26.4 Å². The Kier molecular flexibility index (Phi) is 4.24. The molecule has 4 nitrogen and oxygen atoms in total. The minimum Gasteiger partial charge on any atom is -0.490 e. The van der Waals surface area contributed by atoms with Crippen LogP contribution >= 0.6 is 0 Å². The zero-order valence-corrected chi connectivity index (χ0v) is 13.8. The third kappa shape index (κ3) is 3.16. The van der Waals surface area contributed by atoms with Crippen LogP contribution in [0.15, 0.2) is 42.5 Å². The van der Waals surface area contributed by atoms with Gasteiger partial charge in [0.15, 0.2) is 0 Å². The minimum atomic E-state index is -0.0893. The molecule has 0 radical (unpaired) electrons. The number of hydrogen-bond acceptors (Lipinski definition) is 2.